The molecule has 33 heavy (non-hydrogen) atoms. The third-order valence-corrected chi connectivity index (χ3v) is 7.21. The fraction of sp³-hybridized carbons (Fsp3) is 0.208. The number of amides is 2. The molecule has 2 amide bonds. The molecule has 1 aliphatic heterocycles. The Kier molecular flexibility index (Phi) is 7.07. The van der Waals surface area contributed by atoms with Crippen LogP contribution in [0.4, 0.5) is 15.8 Å². The molecule has 0 spiro atoms. The molecule has 3 aromatic rings. The summed E-state index contributed by atoms with van der Waals surface area (Å²) < 4.78 is 13.2. The number of aryl methyl sites for hydroxylation is 1. The van der Waals surface area contributed by atoms with E-state index in [-0.39, 0.29) is 18.2 Å². The van der Waals surface area contributed by atoms with Crippen LogP contribution in [0.5, 0.6) is 0 Å². The number of benzene rings is 2. The van der Waals surface area contributed by atoms with E-state index < -0.39 is 11.9 Å². The average Bonchev–Trinajstić information content (AvgIpc) is 3.29. The van der Waals surface area contributed by atoms with Crippen LogP contribution < -0.4 is 10.2 Å². The molecule has 9 heteroatoms. The number of halogens is 2. The van der Waals surface area contributed by atoms with Crippen molar-refractivity contribution < 1.29 is 14.0 Å². The Morgan fingerprint density at radius 3 is 2.48 bits per heavy atom. The van der Waals surface area contributed by atoms with E-state index in [1.807, 2.05) is 17.2 Å². The Balaban J connectivity index is 1.55. The van der Waals surface area contributed by atoms with E-state index in [1.54, 1.807) is 35.6 Å². The van der Waals surface area contributed by atoms with Gasteiger partial charge in [-0.25, -0.2) is 4.39 Å². The highest BCUT2D eigenvalue weighted by molar-refractivity contribution is 7.80. The fourth-order valence-corrected chi connectivity index (χ4v) is 5.16. The minimum Gasteiger partial charge on any atom is -0.336 e. The summed E-state index contributed by atoms with van der Waals surface area (Å²) in [6, 6.07) is 13.7. The van der Waals surface area contributed by atoms with E-state index in [1.165, 1.54) is 39.6 Å². The molecule has 1 aromatic heterocycles. The number of thiophene rings is 1. The Bertz CT molecular complexity index is 1180. The maximum absolute atomic E-state index is 13.4. The van der Waals surface area contributed by atoms with Gasteiger partial charge >= 0.3 is 0 Å². The largest absolute Gasteiger partial charge is 0.336 e. The van der Waals surface area contributed by atoms with Crippen molar-refractivity contribution in [3.63, 3.8) is 0 Å². The van der Waals surface area contributed by atoms with Crippen molar-refractivity contribution in [2.45, 2.75) is 25.8 Å². The molecule has 1 fully saturated rings. The van der Waals surface area contributed by atoms with Gasteiger partial charge < -0.3 is 10.2 Å². The normalized spacial score (nSPS) is 15.9. The lowest BCUT2D eigenvalue weighted by Gasteiger charge is -2.24. The zero-order valence-corrected chi connectivity index (χ0v) is 20.1. The van der Waals surface area contributed by atoms with Gasteiger partial charge in [-0.1, -0.05) is 11.6 Å². The van der Waals surface area contributed by atoms with Crippen LogP contribution in [-0.4, -0.2) is 34.4 Å². The van der Waals surface area contributed by atoms with Gasteiger partial charge in [-0.15, -0.1) is 11.3 Å². The molecule has 1 aliphatic rings. The van der Waals surface area contributed by atoms with Gasteiger partial charge in [-0.05, 0) is 91.1 Å². The van der Waals surface area contributed by atoms with E-state index in [0.717, 1.165) is 0 Å². The SMILES string of the molecule is Cc1ccsc1CCN1C(=S)N(c2ccc(Cl)cc2)C(=O)[C@@H]1CC(=O)Nc1ccc(F)cc1. The summed E-state index contributed by atoms with van der Waals surface area (Å²) in [6.45, 7) is 2.55. The predicted octanol–water partition coefficient (Wildman–Crippen LogP) is 5.42. The number of nitrogens with one attached hydrogen (secondary N) is 1. The number of carbonyl (C=O) groups excluding carboxylic acids is 2. The molecule has 1 atom stereocenters. The summed E-state index contributed by atoms with van der Waals surface area (Å²) in [5, 5.41) is 5.67. The van der Waals surface area contributed by atoms with Gasteiger partial charge in [0.1, 0.15) is 11.9 Å². The molecule has 2 aromatic carbocycles. The summed E-state index contributed by atoms with van der Waals surface area (Å²) in [6.07, 6.45) is 0.630. The molecule has 0 bridgehead atoms. The fourth-order valence-electron chi connectivity index (χ4n) is 3.72. The highest BCUT2D eigenvalue weighted by atomic mass is 35.5. The third-order valence-electron chi connectivity index (χ3n) is 5.46. The molecule has 4 rings (SSSR count). The minimum absolute atomic E-state index is 0.0795. The van der Waals surface area contributed by atoms with Crippen molar-refractivity contribution in [2.75, 3.05) is 16.8 Å². The molecule has 1 N–H and O–H groups in total. The highest BCUT2D eigenvalue weighted by Gasteiger charge is 2.44. The van der Waals surface area contributed by atoms with Crippen molar-refractivity contribution in [1.29, 1.82) is 0 Å². The summed E-state index contributed by atoms with van der Waals surface area (Å²) in [5.41, 5.74) is 2.26. The van der Waals surface area contributed by atoms with Crippen LogP contribution in [-0.2, 0) is 16.0 Å². The van der Waals surface area contributed by atoms with Crippen LogP contribution in [0.3, 0.4) is 0 Å². The van der Waals surface area contributed by atoms with Crippen molar-refractivity contribution >= 4 is 63.5 Å². The van der Waals surface area contributed by atoms with E-state index in [9.17, 15) is 14.0 Å². The second-order valence-corrected chi connectivity index (χ2v) is 9.48. The van der Waals surface area contributed by atoms with Crippen LogP contribution >= 0.6 is 35.2 Å². The van der Waals surface area contributed by atoms with Crippen LogP contribution in [0.25, 0.3) is 0 Å². The first-order valence-corrected chi connectivity index (χ1v) is 12.0. The van der Waals surface area contributed by atoms with Gasteiger partial charge in [0.25, 0.3) is 5.91 Å². The summed E-state index contributed by atoms with van der Waals surface area (Å²) in [4.78, 5) is 30.7. The van der Waals surface area contributed by atoms with Gasteiger partial charge in [0.15, 0.2) is 5.11 Å². The highest BCUT2D eigenvalue weighted by Crippen LogP contribution is 2.29. The van der Waals surface area contributed by atoms with Gasteiger partial charge in [-0.2, -0.15) is 0 Å². The lowest BCUT2D eigenvalue weighted by Crippen LogP contribution is -2.39. The van der Waals surface area contributed by atoms with Crippen LogP contribution in [0, 0.1) is 12.7 Å². The zero-order valence-electron chi connectivity index (χ0n) is 17.8. The molecule has 1 saturated heterocycles. The predicted molar refractivity (Wildman–Crippen MR) is 134 cm³/mol. The van der Waals surface area contributed by atoms with E-state index in [4.69, 9.17) is 23.8 Å². The molecule has 170 valence electrons. The molecular formula is C24H21ClFN3O2S2. The van der Waals surface area contributed by atoms with Crippen LogP contribution in [0.2, 0.25) is 5.02 Å². The topological polar surface area (TPSA) is 52.7 Å². The van der Waals surface area contributed by atoms with E-state index in [2.05, 4.69) is 11.4 Å². The second kappa shape index (κ2) is 9.99. The van der Waals surface area contributed by atoms with Gasteiger partial charge in [0.05, 0.1) is 12.1 Å². The smallest absolute Gasteiger partial charge is 0.256 e. The van der Waals surface area contributed by atoms with Crippen molar-refractivity contribution in [2.24, 2.45) is 0 Å². The van der Waals surface area contributed by atoms with Crippen molar-refractivity contribution in [1.82, 2.24) is 4.90 Å². The maximum Gasteiger partial charge on any atom is 0.256 e. The number of anilines is 2. The Hall–Kier alpha value is -2.81. The molecule has 0 saturated carbocycles. The molecule has 5 nitrogen and oxygen atoms in total. The van der Waals surface area contributed by atoms with Crippen molar-refractivity contribution in [3.8, 4) is 0 Å². The van der Waals surface area contributed by atoms with E-state index in [0.29, 0.717) is 34.5 Å². The first-order valence-electron chi connectivity index (χ1n) is 10.3. The number of hydrogen-bond acceptors (Lipinski definition) is 4. The average molecular weight is 502 g/mol. The lowest BCUT2D eigenvalue weighted by atomic mass is 10.1. The minimum atomic E-state index is -0.742. The van der Waals surface area contributed by atoms with E-state index >= 15 is 0 Å². The number of hydrogen-bond donors (Lipinski definition) is 1. The lowest BCUT2D eigenvalue weighted by molar-refractivity contribution is -0.124. The Morgan fingerprint density at radius 2 is 1.85 bits per heavy atom. The molecule has 0 aliphatic carbocycles. The molecule has 2 heterocycles. The number of thiocarbonyl (C=S) groups is 1. The van der Waals surface area contributed by atoms with Crippen LogP contribution in [0.1, 0.15) is 16.9 Å². The number of rotatable bonds is 7. The van der Waals surface area contributed by atoms with Gasteiger partial charge in [-0.3, -0.25) is 14.5 Å². The second-order valence-electron chi connectivity index (χ2n) is 7.68. The number of carbonyl (C=O) groups is 2. The summed E-state index contributed by atoms with van der Waals surface area (Å²) in [7, 11) is 0. The quantitative estimate of drug-likeness (QED) is 0.439. The third kappa shape index (κ3) is 5.24. The zero-order chi connectivity index (χ0) is 23.5. The first-order chi connectivity index (χ1) is 15.8. The Labute approximate surface area is 205 Å². The summed E-state index contributed by atoms with van der Waals surface area (Å²) in [5.74, 6) is -1.00. The Morgan fingerprint density at radius 1 is 1.15 bits per heavy atom. The molecule has 0 unspecified atom stereocenters. The van der Waals surface area contributed by atoms with Gasteiger partial charge in [0, 0.05) is 22.1 Å². The maximum atomic E-state index is 13.4. The standard InChI is InChI=1S/C24H21ClFN3O2S2/c1-15-11-13-33-21(15)10-12-28-20(14-22(30)27-18-6-4-17(26)5-7-18)23(31)29(24(28)32)19-8-2-16(25)3-9-19/h2-9,11,13,20H,10,12,14H2,1H3,(H,27,30)/t20-/m0/s1. The van der Waals surface area contributed by atoms with Gasteiger partial charge in [0.2, 0.25) is 5.91 Å². The van der Waals surface area contributed by atoms with Crippen molar-refractivity contribution in [3.05, 3.63) is 81.3 Å². The number of nitrogens with zero attached hydrogens (tertiary/aromatic N) is 2. The molecular weight excluding hydrogens is 481 g/mol. The summed E-state index contributed by atoms with van der Waals surface area (Å²) >= 11 is 13.3. The first kappa shape index (κ1) is 23.4. The monoisotopic (exact) mass is 501 g/mol. The van der Waals surface area contributed by atoms with Crippen LogP contribution in [0.15, 0.2) is 60.0 Å². The molecule has 0 radical (unpaired) electrons.